The number of hydrogen-bond donors (Lipinski definition) is 2. The van der Waals surface area contributed by atoms with Crippen LogP contribution in [-0.2, 0) is 0 Å². The van der Waals surface area contributed by atoms with E-state index in [0.29, 0.717) is 6.04 Å². The van der Waals surface area contributed by atoms with Gasteiger partial charge >= 0.3 is 0 Å². The lowest BCUT2D eigenvalue weighted by atomic mass is 9.83. The lowest BCUT2D eigenvalue weighted by Gasteiger charge is -2.31. The molecule has 1 unspecified atom stereocenters. The maximum absolute atomic E-state index is 4.44. The minimum absolute atomic E-state index is 0.540. The fraction of sp³-hybridized carbons (Fsp3) is 0.750. The van der Waals surface area contributed by atoms with Crippen molar-refractivity contribution in [2.45, 2.75) is 65.3 Å². The van der Waals surface area contributed by atoms with Gasteiger partial charge < -0.3 is 10.6 Å². The number of hydrogen-bond acceptors (Lipinski definition) is 4. The first-order chi connectivity index (χ1) is 9.76. The van der Waals surface area contributed by atoms with Crippen LogP contribution in [0.4, 0.5) is 11.6 Å². The van der Waals surface area contributed by atoms with Crippen LogP contribution in [-0.4, -0.2) is 22.6 Å². The summed E-state index contributed by atoms with van der Waals surface area (Å²) in [6.45, 7) is 7.34. The summed E-state index contributed by atoms with van der Waals surface area (Å²) in [5, 5.41) is 6.97. The number of nitrogens with one attached hydrogen (secondary N) is 2. The standard InChI is InChI=1S/C16H28N4/c1-4-14(13-9-7-6-8-10-13)20-16-12(3)15(17-5-2)18-11-19-16/h11,13-14H,4-10H2,1-3H3,(H2,17,18,19,20). The van der Waals surface area contributed by atoms with Crippen molar-refractivity contribution < 1.29 is 0 Å². The number of nitrogens with zero attached hydrogens (tertiary/aromatic N) is 2. The summed E-state index contributed by atoms with van der Waals surface area (Å²) in [5.74, 6) is 2.74. The molecule has 1 aromatic heterocycles. The van der Waals surface area contributed by atoms with Gasteiger partial charge in [0.1, 0.15) is 18.0 Å². The minimum atomic E-state index is 0.540. The summed E-state index contributed by atoms with van der Waals surface area (Å²) in [5.41, 5.74) is 1.13. The van der Waals surface area contributed by atoms with Crippen molar-refractivity contribution in [1.82, 2.24) is 9.97 Å². The SMILES string of the molecule is CCNc1ncnc(NC(CC)C2CCCCC2)c1C. The Morgan fingerprint density at radius 2 is 1.85 bits per heavy atom. The second-order valence-corrected chi connectivity index (χ2v) is 5.78. The molecule has 20 heavy (non-hydrogen) atoms. The average Bonchev–Trinajstić information content (AvgIpc) is 2.49. The molecule has 112 valence electrons. The van der Waals surface area contributed by atoms with E-state index in [1.807, 2.05) is 0 Å². The fourth-order valence-electron chi connectivity index (χ4n) is 3.21. The highest BCUT2D eigenvalue weighted by Crippen LogP contribution is 2.30. The highest BCUT2D eigenvalue weighted by atomic mass is 15.1. The minimum Gasteiger partial charge on any atom is -0.370 e. The Morgan fingerprint density at radius 3 is 2.50 bits per heavy atom. The van der Waals surface area contributed by atoms with Gasteiger partial charge in [-0.25, -0.2) is 9.97 Å². The van der Waals surface area contributed by atoms with Crippen LogP contribution < -0.4 is 10.6 Å². The van der Waals surface area contributed by atoms with Crippen LogP contribution in [0.1, 0.15) is 57.9 Å². The lowest BCUT2D eigenvalue weighted by molar-refractivity contribution is 0.312. The molecule has 0 amide bonds. The van der Waals surface area contributed by atoms with Gasteiger partial charge in [-0.3, -0.25) is 0 Å². The molecular formula is C16H28N4. The topological polar surface area (TPSA) is 49.8 Å². The Balaban J connectivity index is 2.08. The van der Waals surface area contributed by atoms with Gasteiger partial charge in [-0.2, -0.15) is 0 Å². The third kappa shape index (κ3) is 3.62. The molecule has 0 bridgehead atoms. The first kappa shape index (κ1) is 15.1. The second-order valence-electron chi connectivity index (χ2n) is 5.78. The zero-order valence-corrected chi connectivity index (χ0v) is 13.1. The predicted molar refractivity (Wildman–Crippen MR) is 85.2 cm³/mol. The number of rotatable bonds is 6. The fourth-order valence-corrected chi connectivity index (χ4v) is 3.21. The number of anilines is 2. The van der Waals surface area contributed by atoms with Crippen LogP contribution in [0.3, 0.4) is 0 Å². The van der Waals surface area contributed by atoms with E-state index in [2.05, 4.69) is 41.4 Å². The van der Waals surface area contributed by atoms with Crippen LogP contribution in [0.2, 0.25) is 0 Å². The predicted octanol–water partition coefficient (Wildman–Crippen LogP) is 3.99. The molecule has 0 aromatic carbocycles. The second kappa shape index (κ2) is 7.46. The van der Waals surface area contributed by atoms with Crippen molar-refractivity contribution in [2.75, 3.05) is 17.2 Å². The van der Waals surface area contributed by atoms with E-state index in [9.17, 15) is 0 Å². The summed E-state index contributed by atoms with van der Waals surface area (Å²) in [7, 11) is 0. The molecule has 1 aromatic rings. The maximum atomic E-state index is 4.44. The average molecular weight is 276 g/mol. The Kier molecular flexibility index (Phi) is 5.62. The summed E-state index contributed by atoms with van der Waals surface area (Å²) in [6.07, 6.45) is 9.70. The van der Waals surface area contributed by atoms with Gasteiger partial charge in [0, 0.05) is 18.2 Å². The Hall–Kier alpha value is -1.32. The monoisotopic (exact) mass is 276 g/mol. The molecule has 4 heteroatoms. The molecule has 1 aliphatic carbocycles. The van der Waals surface area contributed by atoms with Gasteiger partial charge in [0.2, 0.25) is 0 Å². The quantitative estimate of drug-likeness (QED) is 0.825. The third-order valence-corrected chi connectivity index (χ3v) is 4.41. The van der Waals surface area contributed by atoms with E-state index < -0.39 is 0 Å². The van der Waals surface area contributed by atoms with Crippen molar-refractivity contribution in [3.8, 4) is 0 Å². The van der Waals surface area contributed by atoms with Crippen LogP contribution >= 0.6 is 0 Å². The number of aromatic nitrogens is 2. The van der Waals surface area contributed by atoms with Crippen LogP contribution in [0.5, 0.6) is 0 Å². The molecule has 1 aliphatic rings. The van der Waals surface area contributed by atoms with Crippen LogP contribution in [0, 0.1) is 12.8 Å². The first-order valence-corrected chi connectivity index (χ1v) is 8.08. The third-order valence-electron chi connectivity index (χ3n) is 4.41. The first-order valence-electron chi connectivity index (χ1n) is 8.08. The van der Waals surface area contributed by atoms with E-state index in [1.54, 1.807) is 6.33 Å². The molecule has 2 rings (SSSR count). The summed E-state index contributed by atoms with van der Waals surface area (Å²) in [4.78, 5) is 8.75. The molecule has 0 saturated heterocycles. The van der Waals surface area contributed by atoms with Gasteiger partial charge in [-0.05, 0) is 39.0 Å². The highest BCUT2D eigenvalue weighted by molar-refractivity contribution is 5.56. The van der Waals surface area contributed by atoms with Gasteiger partial charge in [0.05, 0.1) is 0 Å². The van der Waals surface area contributed by atoms with Crippen LogP contribution in [0.15, 0.2) is 6.33 Å². The van der Waals surface area contributed by atoms with Gasteiger partial charge in [-0.1, -0.05) is 26.2 Å². The van der Waals surface area contributed by atoms with E-state index in [0.717, 1.165) is 36.1 Å². The molecule has 1 heterocycles. The summed E-state index contributed by atoms with van der Waals surface area (Å²) in [6, 6.07) is 0.540. The molecule has 1 atom stereocenters. The van der Waals surface area contributed by atoms with E-state index in [1.165, 1.54) is 32.1 Å². The van der Waals surface area contributed by atoms with E-state index in [4.69, 9.17) is 0 Å². The van der Waals surface area contributed by atoms with Crippen molar-refractivity contribution in [3.05, 3.63) is 11.9 Å². The molecule has 0 aliphatic heterocycles. The summed E-state index contributed by atoms with van der Waals surface area (Å²) < 4.78 is 0. The summed E-state index contributed by atoms with van der Waals surface area (Å²) >= 11 is 0. The highest BCUT2D eigenvalue weighted by Gasteiger charge is 2.23. The zero-order chi connectivity index (χ0) is 14.4. The lowest BCUT2D eigenvalue weighted by Crippen LogP contribution is -2.31. The van der Waals surface area contributed by atoms with Crippen molar-refractivity contribution in [2.24, 2.45) is 5.92 Å². The normalized spacial score (nSPS) is 17.8. The van der Waals surface area contributed by atoms with Crippen LogP contribution in [0.25, 0.3) is 0 Å². The Bertz CT molecular complexity index is 413. The van der Waals surface area contributed by atoms with Gasteiger partial charge in [0.25, 0.3) is 0 Å². The molecule has 0 radical (unpaired) electrons. The molecule has 1 fully saturated rings. The van der Waals surface area contributed by atoms with Crippen molar-refractivity contribution >= 4 is 11.6 Å². The molecule has 0 spiro atoms. The molecule has 4 nitrogen and oxygen atoms in total. The largest absolute Gasteiger partial charge is 0.370 e. The Morgan fingerprint density at radius 1 is 1.15 bits per heavy atom. The van der Waals surface area contributed by atoms with Gasteiger partial charge in [-0.15, -0.1) is 0 Å². The van der Waals surface area contributed by atoms with Crippen molar-refractivity contribution in [1.29, 1.82) is 0 Å². The van der Waals surface area contributed by atoms with Gasteiger partial charge in [0.15, 0.2) is 0 Å². The van der Waals surface area contributed by atoms with E-state index >= 15 is 0 Å². The van der Waals surface area contributed by atoms with E-state index in [-0.39, 0.29) is 0 Å². The molecular weight excluding hydrogens is 248 g/mol. The smallest absolute Gasteiger partial charge is 0.134 e. The molecule has 1 saturated carbocycles. The maximum Gasteiger partial charge on any atom is 0.134 e. The van der Waals surface area contributed by atoms with Crippen molar-refractivity contribution in [3.63, 3.8) is 0 Å². The zero-order valence-electron chi connectivity index (χ0n) is 13.1. The Labute approximate surface area is 122 Å². The molecule has 2 N–H and O–H groups in total.